The SMILES string of the molecule is O=C(N(Cc1ccccn1)Cc1ccccn1)N1Cc2ccccc2C1. The van der Waals surface area contributed by atoms with Gasteiger partial charge < -0.3 is 9.80 Å². The van der Waals surface area contributed by atoms with Crippen molar-refractivity contribution in [3.05, 3.63) is 95.6 Å². The van der Waals surface area contributed by atoms with Gasteiger partial charge in [-0.2, -0.15) is 0 Å². The smallest absolute Gasteiger partial charge is 0.316 e. The first-order chi connectivity index (χ1) is 12.8. The van der Waals surface area contributed by atoms with Gasteiger partial charge in [-0.15, -0.1) is 0 Å². The van der Waals surface area contributed by atoms with Crippen LogP contribution < -0.4 is 0 Å². The van der Waals surface area contributed by atoms with E-state index >= 15 is 0 Å². The molecule has 3 heterocycles. The Morgan fingerprint density at radius 1 is 0.808 bits per heavy atom. The number of hydrogen-bond donors (Lipinski definition) is 0. The maximum absolute atomic E-state index is 13.2. The summed E-state index contributed by atoms with van der Waals surface area (Å²) in [6.07, 6.45) is 3.51. The monoisotopic (exact) mass is 344 g/mol. The summed E-state index contributed by atoms with van der Waals surface area (Å²) >= 11 is 0. The van der Waals surface area contributed by atoms with E-state index in [1.165, 1.54) is 11.1 Å². The first-order valence-electron chi connectivity index (χ1n) is 8.70. The molecule has 4 rings (SSSR count). The van der Waals surface area contributed by atoms with Gasteiger partial charge in [0.2, 0.25) is 0 Å². The molecule has 1 aliphatic heterocycles. The lowest BCUT2D eigenvalue weighted by Crippen LogP contribution is -2.40. The Kier molecular flexibility index (Phi) is 4.60. The highest BCUT2D eigenvalue weighted by Crippen LogP contribution is 2.24. The minimum absolute atomic E-state index is 0.0116. The lowest BCUT2D eigenvalue weighted by molar-refractivity contribution is 0.146. The van der Waals surface area contributed by atoms with Crippen molar-refractivity contribution in [1.82, 2.24) is 19.8 Å². The zero-order valence-corrected chi connectivity index (χ0v) is 14.5. The Hall–Kier alpha value is -3.21. The number of nitrogens with zero attached hydrogens (tertiary/aromatic N) is 4. The third-order valence-corrected chi connectivity index (χ3v) is 4.54. The highest BCUT2D eigenvalue weighted by molar-refractivity contribution is 5.75. The molecule has 0 bridgehead atoms. The Balaban J connectivity index is 1.55. The molecule has 0 aliphatic carbocycles. The van der Waals surface area contributed by atoms with Crippen LogP contribution in [0.2, 0.25) is 0 Å². The number of carbonyl (C=O) groups is 1. The van der Waals surface area contributed by atoms with Crippen LogP contribution in [0.1, 0.15) is 22.5 Å². The quantitative estimate of drug-likeness (QED) is 0.726. The Morgan fingerprint density at radius 3 is 1.77 bits per heavy atom. The number of urea groups is 1. The summed E-state index contributed by atoms with van der Waals surface area (Å²) in [4.78, 5) is 25.7. The fraction of sp³-hybridized carbons (Fsp3) is 0.190. The Bertz CT molecular complexity index is 816. The molecule has 26 heavy (non-hydrogen) atoms. The maximum atomic E-state index is 13.2. The van der Waals surface area contributed by atoms with E-state index in [4.69, 9.17) is 0 Å². The van der Waals surface area contributed by atoms with Crippen molar-refractivity contribution in [3.8, 4) is 0 Å². The van der Waals surface area contributed by atoms with Crippen LogP contribution >= 0.6 is 0 Å². The number of pyridine rings is 2. The lowest BCUT2D eigenvalue weighted by atomic mass is 10.1. The van der Waals surface area contributed by atoms with Gasteiger partial charge in [0, 0.05) is 25.5 Å². The highest BCUT2D eigenvalue weighted by atomic mass is 16.2. The molecule has 0 N–H and O–H groups in total. The van der Waals surface area contributed by atoms with Gasteiger partial charge in [-0.1, -0.05) is 36.4 Å². The summed E-state index contributed by atoms with van der Waals surface area (Å²) in [6.45, 7) is 2.22. The number of amides is 2. The van der Waals surface area contributed by atoms with E-state index in [2.05, 4.69) is 22.1 Å². The molecule has 0 atom stereocenters. The van der Waals surface area contributed by atoms with Crippen LogP contribution in [-0.2, 0) is 26.2 Å². The molecular formula is C21H20N4O. The van der Waals surface area contributed by atoms with Gasteiger partial charge in [-0.3, -0.25) is 9.97 Å². The molecule has 1 aromatic carbocycles. The molecule has 2 amide bonds. The number of benzene rings is 1. The van der Waals surface area contributed by atoms with Gasteiger partial charge >= 0.3 is 6.03 Å². The second-order valence-corrected chi connectivity index (χ2v) is 6.41. The zero-order valence-electron chi connectivity index (χ0n) is 14.5. The molecule has 0 fully saturated rings. The van der Waals surface area contributed by atoms with E-state index in [1.807, 2.05) is 58.3 Å². The number of rotatable bonds is 4. The number of hydrogen-bond acceptors (Lipinski definition) is 3. The number of carbonyl (C=O) groups excluding carboxylic acids is 1. The molecule has 5 nitrogen and oxygen atoms in total. The van der Waals surface area contributed by atoms with Gasteiger partial charge in [-0.25, -0.2) is 4.79 Å². The first kappa shape index (κ1) is 16.3. The molecule has 3 aromatic rings. The molecule has 0 spiro atoms. The first-order valence-corrected chi connectivity index (χ1v) is 8.70. The molecule has 130 valence electrons. The minimum atomic E-state index is 0.0116. The van der Waals surface area contributed by atoms with Gasteiger partial charge in [0.15, 0.2) is 0 Å². The molecule has 0 unspecified atom stereocenters. The summed E-state index contributed by atoms with van der Waals surface area (Å²) in [6, 6.07) is 19.8. The summed E-state index contributed by atoms with van der Waals surface area (Å²) in [7, 11) is 0. The van der Waals surface area contributed by atoms with Crippen molar-refractivity contribution in [2.24, 2.45) is 0 Å². The van der Waals surface area contributed by atoms with Crippen molar-refractivity contribution in [3.63, 3.8) is 0 Å². The molecule has 1 aliphatic rings. The van der Waals surface area contributed by atoms with E-state index < -0.39 is 0 Å². The summed E-state index contributed by atoms with van der Waals surface area (Å²) in [5.41, 5.74) is 4.18. The van der Waals surface area contributed by atoms with Crippen LogP contribution in [0.5, 0.6) is 0 Å². The standard InChI is InChI=1S/C21H20N4O/c26-21(24-13-17-7-1-2-8-18(17)14-24)25(15-19-9-3-5-11-22-19)16-20-10-4-6-12-23-20/h1-12H,13-16H2. The second-order valence-electron chi connectivity index (χ2n) is 6.41. The predicted octanol–water partition coefficient (Wildman–Crippen LogP) is 3.61. The largest absolute Gasteiger partial charge is 0.321 e. The van der Waals surface area contributed by atoms with E-state index in [1.54, 1.807) is 12.4 Å². The molecular weight excluding hydrogens is 324 g/mol. The van der Waals surface area contributed by atoms with Gasteiger partial charge in [-0.05, 0) is 35.4 Å². The lowest BCUT2D eigenvalue weighted by Gasteiger charge is -2.27. The topological polar surface area (TPSA) is 49.3 Å². The van der Waals surface area contributed by atoms with Gasteiger partial charge in [0.1, 0.15) is 0 Å². The van der Waals surface area contributed by atoms with Crippen LogP contribution in [0.15, 0.2) is 73.1 Å². The summed E-state index contributed by atoms with van der Waals surface area (Å²) in [5.74, 6) is 0. The van der Waals surface area contributed by atoms with Gasteiger partial charge in [0.05, 0.1) is 24.5 Å². The van der Waals surface area contributed by atoms with E-state index in [0.29, 0.717) is 26.2 Å². The number of fused-ring (bicyclic) bond motifs is 1. The van der Waals surface area contributed by atoms with Crippen molar-refractivity contribution < 1.29 is 4.79 Å². The molecule has 5 heteroatoms. The average Bonchev–Trinajstić information content (AvgIpc) is 3.13. The Labute approximate surface area is 152 Å². The normalized spacial score (nSPS) is 12.7. The van der Waals surface area contributed by atoms with Crippen molar-refractivity contribution in [2.45, 2.75) is 26.2 Å². The molecule has 0 saturated heterocycles. The summed E-state index contributed by atoms with van der Waals surface area (Å²) < 4.78 is 0. The van der Waals surface area contributed by atoms with Gasteiger partial charge in [0.25, 0.3) is 0 Å². The van der Waals surface area contributed by atoms with Crippen LogP contribution in [0, 0.1) is 0 Å². The third-order valence-electron chi connectivity index (χ3n) is 4.54. The number of aromatic nitrogens is 2. The van der Waals surface area contributed by atoms with Crippen LogP contribution in [0.4, 0.5) is 4.79 Å². The van der Waals surface area contributed by atoms with Crippen molar-refractivity contribution in [1.29, 1.82) is 0 Å². The fourth-order valence-corrected chi connectivity index (χ4v) is 3.23. The maximum Gasteiger partial charge on any atom is 0.321 e. The predicted molar refractivity (Wildman–Crippen MR) is 98.8 cm³/mol. The van der Waals surface area contributed by atoms with Crippen molar-refractivity contribution >= 4 is 6.03 Å². The molecule has 2 aromatic heterocycles. The van der Waals surface area contributed by atoms with Crippen LogP contribution in [-0.4, -0.2) is 25.8 Å². The second kappa shape index (κ2) is 7.35. The molecule has 0 radical (unpaired) electrons. The fourth-order valence-electron chi connectivity index (χ4n) is 3.23. The van der Waals surface area contributed by atoms with E-state index in [-0.39, 0.29) is 6.03 Å². The summed E-state index contributed by atoms with van der Waals surface area (Å²) in [5, 5.41) is 0. The minimum Gasteiger partial charge on any atom is -0.316 e. The Morgan fingerprint density at radius 2 is 1.31 bits per heavy atom. The van der Waals surface area contributed by atoms with Crippen molar-refractivity contribution in [2.75, 3.05) is 0 Å². The van der Waals surface area contributed by atoms with E-state index in [0.717, 1.165) is 11.4 Å². The van der Waals surface area contributed by atoms with E-state index in [9.17, 15) is 4.79 Å². The van der Waals surface area contributed by atoms with Crippen LogP contribution in [0.25, 0.3) is 0 Å². The zero-order chi connectivity index (χ0) is 17.8. The molecule has 0 saturated carbocycles. The van der Waals surface area contributed by atoms with Crippen LogP contribution in [0.3, 0.4) is 0 Å². The third kappa shape index (κ3) is 3.57. The average molecular weight is 344 g/mol. The highest BCUT2D eigenvalue weighted by Gasteiger charge is 2.27.